The maximum absolute atomic E-state index is 13.1. The number of allylic oxidation sites excluding steroid dienone is 1. The van der Waals surface area contributed by atoms with Crippen molar-refractivity contribution in [2.24, 2.45) is 0 Å². The molecule has 3 aromatic carbocycles. The Kier molecular flexibility index (Phi) is 8.90. The van der Waals surface area contributed by atoms with Gasteiger partial charge in [0.05, 0.1) is 0 Å². The van der Waals surface area contributed by atoms with Gasteiger partial charge in [0.25, 0.3) is 0 Å². The average molecular weight is 428 g/mol. The van der Waals surface area contributed by atoms with Crippen molar-refractivity contribution in [1.82, 2.24) is 0 Å². The normalized spacial score (nSPS) is 10.2. The van der Waals surface area contributed by atoms with Crippen LogP contribution in [0.15, 0.2) is 85.4 Å². The summed E-state index contributed by atoms with van der Waals surface area (Å²) in [4.78, 5) is 37.8. The zero-order valence-corrected chi connectivity index (χ0v) is 17.9. The van der Waals surface area contributed by atoms with E-state index in [-0.39, 0.29) is 22.6 Å². The van der Waals surface area contributed by atoms with E-state index in [1.165, 1.54) is 13.8 Å². The smallest absolute Gasteiger partial charge is 0.176 e. The minimum Gasteiger partial charge on any atom is -0.748 e. The Morgan fingerprint density at radius 1 is 0.862 bits per heavy atom. The molecule has 3 nitrogen and oxygen atoms in total. The van der Waals surface area contributed by atoms with Gasteiger partial charge in [-0.05, 0) is 26.3 Å². The third-order valence-corrected chi connectivity index (χ3v) is 4.72. The molecular weight excluding hydrogens is 404 g/mol. The molecule has 0 fully saturated rings. The fourth-order valence-corrected chi connectivity index (χ4v) is 3.16. The first kappa shape index (κ1) is 24.2. The van der Waals surface area contributed by atoms with Gasteiger partial charge in [-0.25, -0.2) is 12.1 Å². The zero-order valence-electron chi connectivity index (χ0n) is 16.8. The molecule has 0 aliphatic rings. The van der Waals surface area contributed by atoms with Gasteiger partial charge >= 0.3 is 0 Å². The van der Waals surface area contributed by atoms with Crippen LogP contribution >= 0.6 is 0 Å². The fraction of sp³-hybridized carbons (Fsp3) is 0.160. The third kappa shape index (κ3) is 5.17. The number of Topliss-reactive ketones (excluding diaryl/α,β-unsaturated/α-hetero) is 3. The van der Waals surface area contributed by atoms with Gasteiger partial charge in [-0.2, -0.15) is 12.1 Å². The van der Waals surface area contributed by atoms with Crippen molar-refractivity contribution in [1.29, 1.82) is 0 Å². The van der Waals surface area contributed by atoms with Crippen molar-refractivity contribution >= 4 is 22.9 Å². The molecule has 3 aromatic rings. The number of benzene rings is 1. The molecule has 0 radical (unpaired) electrons. The number of carbonyl (C=O) groups excluding carboxylic acids is 3. The molecular formula is C25H24FeO3-6. The summed E-state index contributed by atoms with van der Waals surface area (Å²) in [6.07, 6.45) is 0. The first-order valence-corrected chi connectivity index (χ1v) is 9.03. The quantitative estimate of drug-likeness (QED) is 0.245. The molecule has 0 unspecified atom stereocenters. The summed E-state index contributed by atoms with van der Waals surface area (Å²) in [5.41, 5.74) is 0.409. The minimum atomic E-state index is -1.81. The van der Waals surface area contributed by atoms with Crippen LogP contribution in [-0.4, -0.2) is 17.3 Å². The fourth-order valence-electron chi connectivity index (χ4n) is 3.16. The molecule has 156 valence electrons. The largest absolute Gasteiger partial charge is 0.748 e. The number of rotatable bonds is 6. The SMILES string of the molecule is C=C(C(=O)C(C(C)=O)(C(C)=O)[c-]1cccc1)c1ccc(C)cc1.[Fe].[cH-]1[cH-][cH-][cH-][cH-]1. The second-order valence-electron chi connectivity index (χ2n) is 6.67. The van der Waals surface area contributed by atoms with Gasteiger partial charge in [-0.15, -0.1) is 5.56 Å². The number of ketones is 3. The van der Waals surface area contributed by atoms with Crippen LogP contribution in [0, 0.1) is 6.92 Å². The van der Waals surface area contributed by atoms with Gasteiger partial charge in [0.2, 0.25) is 0 Å². The molecule has 0 aliphatic carbocycles. The molecule has 0 bridgehead atoms. The van der Waals surface area contributed by atoms with Crippen LogP contribution in [0.25, 0.3) is 5.57 Å². The van der Waals surface area contributed by atoms with Crippen LogP contribution in [0.5, 0.6) is 0 Å². The summed E-state index contributed by atoms with van der Waals surface area (Å²) in [6.45, 7) is 8.32. The standard InChI is InChI=1S/C20H19O3.C5H5.Fe/c1-13-9-11-17(12-10-13)14(2)19(23)20(15(3)21,16(4)22)18-7-5-6-8-18;1-2-4-5-3-1;/h5-12H,2H2,1,3-4H3;1-5H;/q-1;-5;. The Balaban J connectivity index is 0.000000610. The van der Waals surface area contributed by atoms with Crippen molar-refractivity contribution in [3.63, 3.8) is 0 Å². The number of hydrogen-bond donors (Lipinski definition) is 0. The number of hydrogen-bond acceptors (Lipinski definition) is 3. The number of carbonyl (C=O) groups is 3. The van der Waals surface area contributed by atoms with E-state index in [2.05, 4.69) is 6.58 Å². The van der Waals surface area contributed by atoms with E-state index in [0.717, 1.165) is 5.56 Å². The van der Waals surface area contributed by atoms with E-state index in [9.17, 15) is 14.4 Å². The molecule has 0 aromatic heterocycles. The first-order valence-electron chi connectivity index (χ1n) is 9.03. The first-order chi connectivity index (χ1) is 13.3. The van der Waals surface area contributed by atoms with E-state index < -0.39 is 22.8 Å². The Morgan fingerprint density at radius 2 is 1.28 bits per heavy atom. The average Bonchev–Trinajstić information content (AvgIpc) is 3.38. The van der Waals surface area contributed by atoms with Crippen molar-refractivity contribution in [2.75, 3.05) is 0 Å². The van der Waals surface area contributed by atoms with E-state index in [4.69, 9.17) is 0 Å². The predicted octanol–water partition coefficient (Wildman–Crippen LogP) is 4.82. The van der Waals surface area contributed by atoms with E-state index >= 15 is 0 Å². The topological polar surface area (TPSA) is 51.2 Å². The van der Waals surface area contributed by atoms with Gasteiger partial charge < -0.3 is 30.3 Å². The maximum atomic E-state index is 13.1. The summed E-state index contributed by atoms with van der Waals surface area (Å²) in [7, 11) is 0. The van der Waals surface area contributed by atoms with Crippen LogP contribution in [0.4, 0.5) is 0 Å². The second-order valence-corrected chi connectivity index (χ2v) is 6.67. The summed E-state index contributed by atoms with van der Waals surface area (Å²) in [6, 6.07) is 23.9. The van der Waals surface area contributed by atoms with Crippen LogP contribution in [0.3, 0.4) is 0 Å². The molecule has 0 heterocycles. The molecule has 0 N–H and O–H groups in total. The molecule has 4 heteroatoms. The van der Waals surface area contributed by atoms with Gasteiger partial charge in [0.15, 0.2) is 5.78 Å². The molecule has 0 atom stereocenters. The molecule has 0 spiro atoms. The summed E-state index contributed by atoms with van der Waals surface area (Å²) in [5.74, 6) is -1.54. The molecule has 29 heavy (non-hydrogen) atoms. The van der Waals surface area contributed by atoms with Crippen LogP contribution in [0.1, 0.15) is 30.5 Å². The third-order valence-electron chi connectivity index (χ3n) is 4.72. The van der Waals surface area contributed by atoms with Crippen molar-refractivity contribution in [3.05, 3.63) is 102 Å². The van der Waals surface area contributed by atoms with Crippen molar-refractivity contribution in [2.45, 2.75) is 26.2 Å². The molecule has 0 saturated carbocycles. The Hall–Kier alpha value is -2.81. The Labute approximate surface area is 182 Å². The van der Waals surface area contributed by atoms with Crippen LogP contribution < -0.4 is 0 Å². The van der Waals surface area contributed by atoms with E-state index in [0.29, 0.717) is 11.1 Å². The Bertz CT molecular complexity index is 915. The summed E-state index contributed by atoms with van der Waals surface area (Å²) in [5, 5.41) is 0. The predicted molar refractivity (Wildman–Crippen MR) is 112 cm³/mol. The summed E-state index contributed by atoms with van der Waals surface area (Å²) < 4.78 is 0. The molecule has 3 rings (SSSR count). The van der Waals surface area contributed by atoms with Gasteiger partial charge in [-0.1, -0.05) is 36.4 Å². The molecule has 0 aliphatic heterocycles. The van der Waals surface area contributed by atoms with E-state index in [1.54, 1.807) is 36.4 Å². The molecule has 0 amide bonds. The minimum absolute atomic E-state index is 0. The van der Waals surface area contributed by atoms with Gasteiger partial charge in [0, 0.05) is 22.6 Å². The van der Waals surface area contributed by atoms with Gasteiger partial charge in [0.1, 0.15) is 17.0 Å². The second kappa shape index (κ2) is 10.7. The van der Waals surface area contributed by atoms with Gasteiger partial charge in [-0.3, -0.25) is 14.4 Å². The Morgan fingerprint density at radius 3 is 1.66 bits per heavy atom. The van der Waals surface area contributed by atoms with Crippen molar-refractivity contribution < 1.29 is 31.5 Å². The maximum Gasteiger partial charge on any atom is 0.176 e. The zero-order chi connectivity index (χ0) is 20.7. The van der Waals surface area contributed by atoms with E-state index in [1.807, 2.05) is 49.4 Å². The molecule has 0 saturated heterocycles. The van der Waals surface area contributed by atoms with Crippen LogP contribution in [-0.2, 0) is 36.9 Å². The summed E-state index contributed by atoms with van der Waals surface area (Å²) >= 11 is 0. The van der Waals surface area contributed by atoms with Crippen LogP contribution in [0.2, 0.25) is 0 Å². The number of aryl methyl sites for hydroxylation is 1. The van der Waals surface area contributed by atoms with Crippen molar-refractivity contribution in [3.8, 4) is 0 Å². The monoisotopic (exact) mass is 428 g/mol.